The lowest BCUT2D eigenvalue weighted by atomic mass is 9.81. The molecule has 1 fully saturated rings. The summed E-state index contributed by atoms with van der Waals surface area (Å²) in [4.78, 5) is 4.29. The zero-order chi connectivity index (χ0) is 14.2. The molecule has 0 radical (unpaired) electrons. The van der Waals surface area contributed by atoms with Gasteiger partial charge >= 0.3 is 0 Å². The number of imidazole rings is 1. The highest BCUT2D eigenvalue weighted by molar-refractivity contribution is 4.98. The van der Waals surface area contributed by atoms with Gasteiger partial charge in [0.1, 0.15) is 0 Å². The average molecular weight is 279 g/mol. The first-order valence-electron chi connectivity index (χ1n) is 7.98. The molecule has 114 valence electrons. The van der Waals surface area contributed by atoms with E-state index in [1.165, 1.54) is 37.8 Å². The summed E-state index contributed by atoms with van der Waals surface area (Å²) in [5.41, 5.74) is 1.28. The van der Waals surface area contributed by atoms with Crippen LogP contribution in [0.1, 0.15) is 44.7 Å². The first-order valence-corrected chi connectivity index (χ1v) is 7.98. The first-order chi connectivity index (χ1) is 9.79. The van der Waals surface area contributed by atoms with E-state index >= 15 is 0 Å². The fourth-order valence-electron chi connectivity index (χ4n) is 3.23. The van der Waals surface area contributed by atoms with Crippen molar-refractivity contribution >= 4 is 0 Å². The van der Waals surface area contributed by atoms with Crippen LogP contribution >= 0.6 is 0 Å². The number of hydrogen-bond donors (Lipinski definition) is 1. The van der Waals surface area contributed by atoms with Crippen molar-refractivity contribution in [3.63, 3.8) is 0 Å². The number of rotatable bonds is 8. The molecule has 2 atom stereocenters. The molecule has 1 aromatic rings. The highest BCUT2D eigenvalue weighted by Gasteiger charge is 2.18. The Balaban J connectivity index is 1.73. The van der Waals surface area contributed by atoms with Gasteiger partial charge in [-0.05, 0) is 24.7 Å². The Morgan fingerprint density at radius 3 is 3.15 bits per heavy atom. The van der Waals surface area contributed by atoms with Crippen LogP contribution in [0, 0.1) is 11.8 Å². The minimum atomic E-state index is 0.758. The van der Waals surface area contributed by atoms with Gasteiger partial charge in [0.2, 0.25) is 0 Å². The predicted molar refractivity (Wildman–Crippen MR) is 81.5 cm³/mol. The molecule has 0 saturated heterocycles. The van der Waals surface area contributed by atoms with Gasteiger partial charge in [-0.1, -0.05) is 26.2 Å². The van der Waals surface area contributed by atoms with E-state index in [0.29, 0.717) is 0 Å². The average Bonchev–Trinajstić information content (AvgIpc) is 2.89. The number of ether oxygens (including phenoxy) is 1. The molecule has 1 heterocycles. The monoisotopic (exact) mass is 279 g/mol. The molecule has 0 aliphatic heterocycles. The summed E-state index contributed by atoms with van der Waals surface area (Å²) >= 11 is 0. The lowest BCUT2D eigenvalue weighted by molar-refractivity contribution is 0.199. The molecule has 2 rings (SSSR count). The van der Waals surface area contributed by atoms with E-state index in [2.05, 4.69) is 21.8 Å². The van der Waals surface area contributed by atoms with Crippen molar-refractivity contribution in [2.45, 2.75) is 52.1 Å². The lowest BCUT2D eigenvalue weighted by Gasteiger charge is -2.26. The van der Waals surface area contributed by atoms with Gasteiger partial charge in [0.05, 0.1) is 18.6 Å². The Morgan fingerprint density at radius 2 is 2.35 bits per heavy atom. The van der Waals surface area contributed by atoms with Crippen molar-refractivity contribution in [2.75, 3.05) is 20.3 Å². The lowest BCUT2D eigenvalue weighted by Crippen LogP contribution is -2.21. The van der Waals surface area contributed by atoms with E-state index in [0.717, 1.165) is 38.1 Å². The number of hydrogen-bond acceptors (Lipinski definition) is 3. The molecule has 0 amide bonds. The number of methoxy groups -OCH3 is 1. The zero-order valence-corrected chi connectivity index (χ0v) is 13.0. The maximum atomic E-state index is 5.04. The van der Waals surface area contributed by atoms with E-state index in [4.69, 9.17) is 4.74 Å². The molecule has 0 spiro atoms. The summed E-state index contributed by atoms with van der Waals surface area (Å²) in [6.07, 6.45) is 10.9. The second-order valence-electron chi connectivity index (χ2n) is 6.17. The standard InChI is InChI=1S/C16H29N3O/c1-14-4-3-5-15(10-14)6-8-19-13-18-12-16(19)11-17-7-9-20-2/h12-15,17H,3-11H2,1-2H3. The van der Waals surface area contributed by atoms with Gasteiger partial charge in [0.25, 0.3) is 0 Å². The second-order valence-corrected chi connectivity index (χ2v) is 6.17. The summed E-state index contributed by atoms with van der Waals surface area (Å²) in [5.74, 6) is 1.84. The highest BCUT2D eigenvalue weighted by atomic mass is 16.5. The summed E-state index contributed by atoms with van der Waals surface area (Å²) in [6, 6.07) is 0. The molecular formula is C16H29N3O. The molecule has 0 aromatic carbocycles. The molecule has 1 aliphatic rings. The van der Waals surface area contributed by atoms with Crippen molar-refractivity contribution in [2.24, 2.45) is 11.8 Å². The molecule has 2 unspecified atom stereocenters. The van der Waals surface area contributed by atoms with E-state index in [1.54, 1.807) is 7.11 Å². The first kappa shape index (κ1) is 15.5. The van der Waals surface area contributed by atoms with Crippen molar-refractivity contribution < 1.29 is 4.74 Å². The smallest absolute Gasteiger partial charge is 0.0948 e. The van der Waals surface area contributed by atoms with Crippen LogP contribution in [0.3, 0.4) is 0 Å². The Labute approximate surface area is 122 Å². The van der Waals surface area contributed by atoms with Gasteiger partial charge in [-0.25, -0.2) is 4.98 Å². The summed E-state index contributed by atoms with van der Waals surface area (Å²) in [7, 11) is 1.73. The van der Waals surface area contributed by atoms with E-state index < -0.39 is 0 Å². The topological polar surface area (TPSA) is 39.1 Å². The molecule has 1 aromatic heterocycles. The molecular weight excluding hydrogens is 250 g/mol. The van der Waals surface area contributed by atoms with E-state index in [-0.39, 0.29) is 0 Å². The molecule has 4 heteroatoms. The van der Waals surface area contributed by atoms with Crippen LogP contribution < -0.4 is 5.32 Å². The molecule has 1 saturated carbocycles. The Morgan fingerprint density at radius 1 is 1.45 bits per heavy atom. The van der Waals surface area contributed by atoms with Gasteiger partial charge in [0.15, 0.2) is 0 Å². The van der Waals surface area contributed by atoms with E-state index in [1.807, 2.05) is 12.5 Å². The van der Waals surface area contributed by atoms with Gasteiger partial charge in [0, 0.05) is 32.9 Å². The molecule has 1 aliphatic carbocycles. The van der Waals surface area contributed by atoms with E-state index in [9.17, 15) is 0 Å². The van der Waals surface area contributed by atoms with Crippen molar-refractivity contribution in [3.05, 3.63) is 18.2 Å². The number of nitrogens with one attached hydrogen (secondary N) is 1. The quantitative estimate of drug-likeness (QED) is 0.744. The maximum Gasteiger partial charge on any atom is 0.0948 e. The van der Waals surface area contributed by atoms with Crippen LogP contribution in [0.4, 0.5) is 0 Å². The molecule has 20 heavy (non-hydrogen) atoms. The minimum Gasteiger partial charge on any atom is -0.383 e. The van der Waals surface area contributed by atoms with Crippen molar-refractivity contribution in [3.8, 4) is 0 Å². The Kier molecular flexibility index (Phi) is 6.54. The van der Waals surface area contributed by atoms with Crippen LogP contribution in [0.25, 0.3) is 0 Å². The second kappa shape index (κ2) is 8.42. The largest absolute Gasteiger partial charge is 0.383 e. The van der Waals surface area contributed by atoms with Crippen molar-refractivity contribution in [1.82, 2.24) is 14.9 Å². The van der Waals surface area contributed by atoms with Crippen LogP contribution in [0.2, 0.25) is 0 Å². The third-order valence-electron chi connectivity index (χ3n) is 4.41. The summed E-state index contributed by atoms with van der Waals surface area (Å²) < 4.78 is 7.35. The van der Waals surface area contributed by atoms with Gasteiger partial charge < -0.3 is 14.6 Å². The SMILES string of the molecule is COCCNCc1cncn1CCC1CCCC(C)C1. The zero-order valence-electron chi connectivity index (χ0n) is 13.0. The van der Waals surface area contributed by atoms with Crippen LogP contribution in [-0.2, 0) is 17.8 Å². The Hall–Kier alpha value is -0.870. The molecule has 1 N–H and O–H groups in total. The Bertz CT molecular complexity index is 378. The fourth-order valence-corrected chi connectivity index (χ4v) is 3.23. The number of aryl methyl sites for hydroxylation is 1. The van der Waals surface area contributed by atoms with Crippen LogP contribution in [0.15, 0.2) is 12.5 Å². The van der Waals surface area contributed by atoms with Gasteiger partial charge in [-0.2, -0.15) is 0 Å². The normalized spacial score (nSPS) is 23.1. The molecule has 4 nitrogen and oxygen atoms in total. The third kappa shape index (κ3) is 4.91. The number of aromatic nitrogens is 2. The van der Waals surface area contributed by atoms with Crippen molar-refractivity contribution in [1.29, 1.82) is 0 Å². The van der Waals surface area contributed by atoms with Gasteiger partial charge in [-0.15, -0.1) is 0 Å². The minimum absolute atomic E-state index is 0.758. The highest BCUT2D eigenvalue weighted by Crippen LogP contribution is 2.31. The molecule has 0 bridgehead atoms. The fraction of sp³-hybridized carbons (Fsp3) is 0.812. The maximum absolute atomic E-state index is 5.04. The summed E-state index contributed by atoms with van der Waals surface area (Å²) in [5, 5.41) is 3.39. The van der Waals surface area contributed by atoms with Gasteiger partial charge in [-0.3, -0.25) is 0 Å². The number of nitrogens with zero attached hydrogens (tertiary/aromatic N) is 2. The summed E-state index contributed by atoms with van der Waals surface area (Å²) in [6.45, 7) is 6.04. The predicted octanol–water partition coefficient (Wildman–Crippen LogP) is 2.84. The third-order valence-corrected chi connectivity index (χ3v) is 4.41. The van der Waals surface area contributed by atoms with Crippen LogP contribution in [0.5, 0.6) is 0 Å². The van der Waals surface area contributed by atoms with Crippen LogP contribution in [-0.4, -0.2) is 29.8 Å².